The van der Waals surface area contributed by atoms with Gasteiger partial charge in [0.15, 0.2) is 0 Å². The van der Waals surface area contributed by atoms with E-state index in [0.717, 1.165) is 30.2 Å². The maximum Gasteiger partial charge on any atom is 0.224 e. The maximum absolute atomic E-state index is 11.3. The summed E-state index contributed by atoms with van der Waals surface area (Å²) < 4.78 is 0. The van der Waals surface area contributed by atoms with Crippen molar-refractivity contribution in [1.29, 1.82) is 0 Å². The molecule has 84 valence electrons. The SMILES string of the molecule is CCC(=O)Nc1cccc(C2=NCCN2)c1. The van der Waals surface area contributed by atoms with Crippen LogP contribution < -0.4 is 10.6 Å². The molecule has 0 spiro atoms. The summed E-state index contributed by atoms with van der Waals surface area (Å²) in [7, 11) is 0. The number of anilines is 1. The van der Waals surface area contributed by atoms with Crippen molar-refractivity contribution in [2.75, 3.05) is 18.4 Å². The topological polar surface area (TPSA) is 53.5 Å². The van der Waals surface area contributed by atoms with E-state index in [-0.39, 0.29) is 5.91 Å². The first-order valence-electron chi connectivity index (χ1n) is 5.48. The zero-order chi connectivity index (χ0) is 11.4. The predicted molar refractivity (Wildman–Crippen MR) is 64.8 cm³/mol. The molecule has 0 radical (unpaired) electrons. The van der Waals surface area contributed by atoms with E-state index < -0.39 is 0 Å². The Morgan fingerprint density at radius 1 is 1.56 bits per heavy atom. The van der Waals surface area contributed by atoms with Crippen LogP contribution in [0.4, 0.5) is 5.69 Å². The summed E-state index contributed by atoms with van der Waals surface area (Å²) in [6.07, 6.45) is 0.490. The molecule has 0 aromatic heterocycles. The molecule has 1 aromatic rings. The number of benzene rings is 1. The van der Waals surface area contributed by atoms with E-state index in [0.29, 0.717) is 6.42 Å². The molecule has 0 saturated carbocycles. The van der Waals surface area contributed by atoms with Crippen molar-refractivity contribution in [2.24, 2.45) is 4.99 Å². The lowest BCUT2D eigenvalue weighted by Gasteiger charge is -2.06. The molecule has 2 N–H and O–H groups in total. The number of aliphatic imine (C=N–C) groups is 1. The summed E-state index contributed by atoms with van der Waals surface area (Å²) >= 11 is 0. The lowest BCUT2D eigenvalue weighted by Crippen LogP contribution is -2.19. The van der Waals surface area contributed by atoms with Crippen molar-refractivity contribution >= 4 is 17.4 Å². The second-order valence-electron chi connectivity index (χ2n) is 3.64. The molecule has 0 fully saturated rings. The number of carbonyl (C=O) groups is 1. The highest BCUT2D eigenvalue weighted by atomic mass is 16.1. The molecule has 0 atom stereocenters. The van der Waals surface area contributed by atoms with Crippen molar-refractivity contribution in [2.45, 2.75) is 13.3 Å². The Morgan fingerprint density at radius 2 is 2.44 bits per heavy atom. The Hall–Kier alpha value is -1.84. The number of hydrogen-bond acceptors (Lipinski definition) is 3. The molecule has 1 heterocycles. The predicted octanol–water partition coefficient (Wildman–Crippen LogP) is 1.38. The van der Waals surface area contributed by atoms with Gasteiger partial charge < -0.3 is 10.6 Å². The van der Waals surface area contributed by atoms with Crippen LogP contribution in [0.5, 0.6) is 0 Å². The van der Waals surface area contributed by atoms with Gasteiger partial charge in [0.05, 0.1) is 6.54 Å². The Kier molecular flexibility index (Phi) is 3.19. The van der Waals surface area contributed by atoms with E-state index in [1.165, 1.54) is 0 Å². The third-order valence-electron chi connectivity index (χ3n) is 2.42. The summed E-state index contributed by atoms with van der Waals surface area (Å²) in [5, 5.41) is 6.04. The zero-order valence-electron chi connectivity index (χ0n) is 9.29. The third kappa shape index (κ3) is 2.39. The Morgan fingerprint density at radius 3 is 3.12 bits per heavy atom. The van der Waals surface area contributed by atoms with E-state index in [2.05, 4.69) is 15.6 Å². The molecule has 16 heavy (non-hydrogen) atoms. The molecule has 4 nitrogen and oxygen atoms in total. The summed E-state index contributed by atoms with van der Waals surface area (Å²) in [6.45, 7) is 3.55. The van der Waals surface area contributed by atoms with E-state index in [1.54, 1.807) is 0 Å². The molecule has 1 aliphatic rings. The van der Waals surface area contributed by atoms with Crippen molar-refractivity contribution < 1.29 is 4.79 Å². The Labute approximate surface area is 94.8 Å². The number of hydrogen-bond donors (Lipinski definition) is 2. The van der Waals surface area contributed by atoms with Gasteiger partial charge >= 0.3 is 0 Å². The van der Waals surface area contributed by atoms with Gasteiger partial charge in [0, 0.05) is 24.2 Å². The molecular weight excluding hydrogens is 202 g/mol. The lowest BCUT2D eigenvalue weighted by molar-refractivity contribution is -0.115. The quantitative estimate of drug-likeness (QED) is 0.803. The minimum absolute atomic E-state index is 0.0264. The van der Waals surface area contributed by atoms with E-state index >= 15 is 0 Å². The van der Waals surface area contributed by atoms with Gasteiger partial charge in [-0.2, -0.15) is 0 Å². The summed E-state index contributed by atoms with van der Waals surface area (Å²) in [6, 6.07) is 7.72. The Bertz CT molecular complexity index is 426. The fourth-order valence-electron chi connectivity index (χ4n) is 1.58. The summed E-state index contributed by atoms with van der Waals surface area (Å²) in [5.74, 6) is 0.936. The third-order valence-corrected chi connectivity index (χ3v) is 2.42. The number of nitrogens with zero attached hydrogens (tertiary/aromatic N) is 1. The highest BCUT2D eigenvalue weighted by Crippen LogP contribution is 2.12. The standard InChI is InChI=1S/C12H15N3O/c1-2-11(16)15-10-5-3-4-9(8-10)12-13-6-7-14-12/h3-5,8H,2,6-7H2,1H3,(H,13,14)(H,15,16). The molecule has 2 rings (SSSR count). The fraction of sp³-hybridized carbons (Fsp3) is 0.333. The number of carbonyl (C=O) groups excluding carboxylic acids is 1. The van der Waals surface area contributed by atoms with Gasteiger partial charge in [0.2, 0.25) is 5.91 Å². The van der Waals surface area contributed by atoms with Gasteiger partial charge in [0.1, 0.15) is 5.84 Å². The van der Waals surface area contributed by atoms with Crippen LogP contribution in [0.2, 0.25) is 0 Å². The van der Waals surface area contributed by atoms with E-state index in [4.69, 9.17) is 0 Å². The number of rotatable bonds is 3. The van der Waals surface area contributed by atoms with Crippen LogP contribution in [0.3, 0.4) is 0 Å². The number of amides is 1. The smallest absolute Gasteiger partial charge is 0.224 e. The molecule has 0 bridgehead atoms. The largest absolute Gasteiger partial charge is 0.368 e. The molecule has 1 amide bonds. The minimum Gasteiger partial charge on any atom is -0.368 e. The first kappa shape index (κ1) is 10.7. The van der Waals surface area contributed by atoms with Crippen LogP contribution in [0, 0.1) is 0 Å². The number of nitrogens with one attached hydrogen (secondary N) is 2. The van der Waals surface area contributed by atoms with Crippen LogP contribution in [0.1, 0.15) is 18.9 Å². The fourth-order valence-corrected chi connectivity index (χ4v) is 1.58. The van der Waals surface area contributed by atoms with Gasteiger partial charge in [-0.25, -0.2) is 0 Å². The van der Waals surface area contributed by atoms with E-state index in [1.807, 2.05) is 31.2 Å². The molecular formula is C12H15N3O. The maximum atomic E-state index is 11.3. The van der Waals surface area contributed by atoms with Crippen LogP contribution in [-0.2, 0) is 4.79 Å². The van der Waals surface area contributed by atoms with Crippen molar-refractivity contribution in [3.8, 4) is 0 Å². The van der Waals surface area contributed by atoms with Crippen molar-refractivity contribution in [1.82, 2.24) is 5.32 Å². The van der Waals surface area contributed by atoms with Crippen LogP contribution >= 0.6 is 0 Å². The molecule has 0 saturated heterocycles. The number of amidine groups is 1. The highest BCUT2D eigenvalue weighted by molar-refractivity contribution is 6.01. The van der Waals surface area contributed by atoms with Crippen molar-refractivity contribution in [3.63, 3.8) is 0 Å². The second-order valence-corrected chi connectivity index (χ2v) is 3.64. The van der Waals surface area contributed by atoms with E-state index in [9.17, 15) is 4.79 Å². The monoisotopic (exact) mass is 217 g/mol. The minimum atomic E-state index is 0.0264. The first-order chi connectivity index (χ1) is 7.79. The lowest BCUT2D eigenvalue weighted by atomic mass is 10.2. The molecule has 0 unspecified atom stereocenters. The molecule has 1 aliphatic heterocycles. The van der Waals surface area contributed by atoms with Gasteiger partial charge in [-0.3, -0.25) is 9.79 Å². The van der Waals surface area contributed by atoms with Crippen LogP contribution in [-0.4, -0.2) is 24.8 Å². The van der Waals surface area contributed by atoms with Gasteiger partial charge in [-0.15, -0.1) is 0 Å². The Balaban J connectivity index is 2.16. The molecule has 1 aromatic carbocycles. The molecule has 4 heteroatoms. The summed E-state index contributed by atoms with van der Waals surface area (Å²) in [4.78, 5) is 15.6. The normalized spacial score (nSPS) is 14.2. The first-order valence-corrected chi connectivity index (χ1v) is 5.48. The average Bonchev–Trinajstić information content (AvgIpc) is 2.83. The van der Waals surface area contributed by atoms with Gasteiger partial charge in [-0.05, 0) is 12.1 Å². The zero-order valence-corrected chi connectivity index (χ0v) is 9.29. The summed E-state index contributed by atoms with van der Waals surface area (Å²) in [5.41, 5.74) is 1.84. The van der Waals surface area contributed by atoms with Crippen LogP contribution in [0.25, 0.3) is 0 Å². The van der Waals surface area contributed by atoms with Crippen molar-refractivity contribution in [3.05, 3.63) is 29.8 Å². The highest BCUT2D eigenvalue weighted by Gasteiger charge is 2.08. The molecule has 0 aliphatic carbocycles. The van der Waals surface area contributed by atoms with Crippen LogP contribution in [0.15, 0.2) is 29.3 Å². The van der Waals surface area contributed by atoms with Gasteiger partial charge in [-0.1, -0.05) is 19.1 Å². The van der Waals surface area contributed by atoms with Gasteiger partial charge in [0.25, 0.3) is 0 Å². The second kappa shape index (κ2) is 4.79. The average molecular weight is 217 g/mol.